The Morgan fingerprint density at radius 1 is 1.18 bits per heavy atom. The van der Waals surface area contributed by atoms with Crippen molar-refractivity contribution in [1.29, 1.82) is 0 Å². The van der Waals surface area contributed by atoms with Gasteiger partial charge in [0, 0.05) is 6.54 Å². The molecule has 176 valence electrons. The number of fused-ring (bicyclic) bond motifs is 1. The number of carboxylic acids is 1. The van der Waals surface area contributed by atoms with Gasteiger partial charge in [-0.15, -0.1) is 5.10 Å². The fraction of sp³-hybridized carbons (Fsp3) is 0.364. The molecule has 33 heavy (non-hydrogen) atoms. The lowest BCUT2D eigenvalue weighted by molar-refractivity contribution is 0.0519. The average Bonchev–Trinajstić information content (AvgIpc) is 3.15. The summed E-state index contributed by atoms with van der Waals surface area (Å²) < 4.78 is 25.9. The predicted octanol–water partition coefficient (Wildman–Crippen LogP) is 3.12. The van der Waals surface area contributed by atoms with Crippen molar-refractivity contribution in [2.45, 2.75) is 32.8 Å². The highest BCUT2D eigenvalue weighted by Crippen LogP contribution is 2.20. The Morgan fingerprint density at radius 3 is 2.70 bits per heavy atom. The molecule has 0 bridgehead atoms. The monoisotopic (exact) mass is 459 g/mol. The first-order valence-corrected chi connectivity index (χ1v) is 10.3. The maximum atomic E-state index is 13.8. The molecular weight excluding hydrogens is 433 g/mol. The van der Waals surface area contributed by atoms with Crippen LogP contribution in [0.1, 0.15) is 36.8 Å². The van der Waals surface area contributed by atoms with E-state index in [-0.39, 0.29) is 18.8 Å². The van der Waals surface area contributed by atoms with Crippen molar-refractivity contribution in [2.75, 3.05) is 25.0 Å². The Hall–Kier alpha value is -3.89. The molecule has 3 rings (SSSR count). The molecule has 0 radical (unpaired) electrons. The van der Waals surface area contributed by atoms with E-state index in [0.29, 0.717) is 35.7 Å². The summed E-state index contributed by atoms with van der Waals surface area (Å²) >= 11 is 0. The van der Waals surface area contributed by atoms with Gasteiger partial charge in [0.15, 0.2) is 11.3 Å². The standard InChI is InChI=1S/C22H26FN5O5/c1-22(2,3)33-21(31)25-10-11-32-17-5-4-15(23)12-14(17)8-9-24-18-6-7-19-26-13-16(20(29)30)28(19)27-18/h4-7,12-13H,8-11H2,1-3H3,(H,24,27)(H,25,31)(H,29,30). The van der Waals surface area contributed by atoms with Gasteiger partial charge in [-0.25, -0.2) is 23.5 Å². The van der Waals surface area contributed by atoms with Crippen LogP contribution in [0.3, 0.4) is 0 Å². The van der Waals surface area contributed by atoms with E-state index < -0.39 is 23.5 Å². The minimum absolute atomic E-state index is 0.0468. The van der Waals surface area contributed by atoms with E-state index in [9.17, 15) is 19.1 Å². The normalized spacial score (nSPS) is 11.3. The summed E-state index contributed by atoms with van der Waals surface area (Å²) in [6.07, 6.45) is 1.12. The van der Waals surface area contributed by atoms with Crippen LogP contribution in [0.15, 0.2) is 36.5 Å². The third kappa shape index (κ3) is 6.79. The molecule has 1 amide bonds. The number of anilines is 1. The summed E-state index contributed by atoms with van der Waals surface area (Å²) in [6, 6.07) is 7.55. The molecule has 0 atom stereocenters. The van der Waals surface area contributed by atoms with E-state index in [1.165, 1.54) is 28.9 Å². The molecule has 0 aliphatic heterocycles. The van der Waals surface area contributed by atoms with Gasteiger partial charge in [-0.1, -0.05) is 0 Å². The number of carboxylic acid groups (broad SMARTS) is 1. The van der Waals surface area contributed by atoms with Crippen molar-refractivity contribution in [1.82, 2.24) is 19.9 Å². The van der Waals surface area contributed by atoms with Gasteiger partial charge in [0.25, 0.3) is 0 Å². The number of aromatic carboxylic acids is 1. The molecule has 3 N–H and O–H groups in total. The molecule has 0 saturated carbocycles. The number of rotatable bonds is 9. The maximum absolute atomic E-state index is 13.8. The van der Waals surface area contributed by atoms with Crippen LogP contribution in [-0.2, 0) is 11.2 Å². The predicted molar refractivity (Wildman–Crippen MR) is 118 cm³/mol. The molecule has 0 saturated heterocycles. The largest absolute Gasteiger partial charge is 0.491 e. The fourth-order valence-electron chi connectivity index (χ4n) is 2.95. The number of hydrogen-bond donors (Lipinski definition) is 3. The van der Waals surface area contributed by atoms with E-state index in [0.717, 1.165) is 0 Å². The first kappa shape index (κ1) is 23.8. The summed E-state index contributed by atoms with van der Waals surface area (Å²) in [5.74, 6) is -0.582. The van der Waals surface area contributed by atoms with Crippen LogP contribution in [0.2, 0.25) is 0 Å². The number of benzene rings is 1. The van der Waals surface area contributed by atoms with Crippen molar-refractivity contribution in [3.63, 3.8) is 0 Å². The molecule has 1 aromatic carbocycles. The highest BCUT2D eigenvalue weighted by atomic mass is 19.1. The lowest BCUT2D eigenvalue weighted by Gasteiger charge is -2.19. The summed E-state index contributed by atoms with van der Waals surface area (Å²) in [5.41, 5.74) is 0.414. The Balaban J connectivity index is 1.55. The van der Waals surface area contributed by atoms with Gasteiger partial charge in [-0.3, -0.25) is 0 Å². The SMILES string of the molecule is CC(C)(C)OC(=O)NCCOc1ccc(F)cc1CCNc1ccc2ncc(C(=O)O)n2n1. The van der Waals surface area contributed by atoms with Gasteiger partial charge in [0.05, 0.1) is 12.7 Å². The molecule has 2 aromatic heterocycles. The molecule has 0 aliphatic rings. The summed E-state index contributed by atoms with van der Waals surface area (Å²) in [5, 5.41) is 19.1. The quantitative estimate of drug-likeness (QED) is 0.417. The van der Waals surface area contributed by atoms with Crippen molar-refractivity contribution >= 4 is 23.5 Å². The zero-order chi connectivity index (χ0) is 24.0. The Bertz CT molecular complexity index is 1140. The molecule has 0 fully saturated rings. The summed E-state index contributed by atoms with van der Waals surface area (Å²) in [7, 11) is 0. The van der Waals surface area contributed by atoms with Crippen molar-refractivity contribution in [3.8, 4) is 5.75 Å². The zero-order valence-corrected chi connectivity index (χ0v) is 18.6. The zero-order valence-electron chi connectivity index (χ0n) is 18.6. The number of hydrogen-bond acceptors (Lipinski definition) is 7. The van der Waals surface area contributed by atoms with Crippen LogP contribution in [0.4, 0.5) is 15.0 Å². The molecule has 3 aromatic rings. The molecule has 0 aliphatic carbocycles. The molecule has 11 heteroatoms. The molecular formula is C22H26FN5O5. The highest BCUT2D eigenvalue weighted by molar-refractivity contribution is 5.86. The van der Waals surface area contributed by atoms with Crippen LogP contribution < -0.4 is 15.4 Å². The number of halogens is 1. The highest BCUT2D eigenvalue weighted by Gasteiger charge is 2.16. The number of ether oxygens (including phenoxy) is 2. The number of nitrogens with zero attached hydrogens (tertiary/aromatic N) is 3. The second-order valence-corrected chi connectivity index (χ2v) is 8.14. The van der Waals surface area contributed by atoms with E-state index in [4.69, 9.17) is 9.47 Å². The van der Waals surface area contributed by atoms with Gasteiger partial charge in [-0.05, 0) is 63.1 Å². The van der Waals surface area contributed by atoms with E-state index in [1.807, 2.05) is 0 Å². The van der Waals surface area contributed by atoms with Crippen LogP contribution in [-0.4, -0.2) is 57.1 Å². The Kier molecular flexibility index (Phi) is 7.31. The maximum Gasteiger partial charge on any atom is 0.407 e. The number of carbonyl (C=O) groups is 2. The van der Waals surface area contributed by atoms with Crippen LogP contribution >= 0.6 is 0 Å². The van der Waals surface area contributed by atoms with E-state index >= 15 is 0 Å². The van der Waals surface area contributed by atoms with Gasteiger partial charge in [0.1, 0.15) is 29.6 Å². The first-order valence-electron chi connectivity index (χ1n) is 10.3. The lowest BCUT2D eigenvalue weighted by Crippen LogP contribution is -2.34. The van der Waals surface area contributed by atoms with Crippen molar-refractivity contribution in [2.24, 2.45) is 0 Å². The second kappa shape index (κ2) is 10.2. The number of nitrogens with one attached hydrogen (secondary N) is 2. The number of alkyl carbamates (subject to hydrolysis) is 1. The second-order valence-electron chi connectivity index (χ2n) is 8.14. The molecule has 0 unspecified atom stereocenters. The lowest BCUT2D eigenvalue weighted by atomic mass is 10.1. The number of imidazole rings is 1. The fourth-order valence-corrected chi connectivity index (χ4v) is 2.95. The van der Waals surface area contributed by atoms with E-state index in [2.05, 4.69) is 20.7 Å². The van der Waals surface area contributed by atoms with Crippen LogP contribution in [0.25, 0.3) is 5.65 Å². The topological polar surface area (TPSA) is 127 Å². The van der Waals surface area contributed by atoms with Gasteiger partial charge in [0.2, 0.25) is 0 Å². The minimum Gasteiger partial charge on any atom is -0.491 e. The molecule has 10 nitrogen and oxygen atoms in total. The Morgan fingerprint density at radius 2 is 1.97 bits per heavy atom. The third-order valence-corrected chi connectivity index (χ3v) is 4.33. The summed E-state index contributed by atoms with van der Waals surface area (Å²) in [6.45, 7) is 6.13. The van der Waals surface area contributed by atoms with Crippen molar-refractivity contribution in [3.05, 3.63) is 53.6 Å². The van der Waals surface area contributed by atoms with E-state index in [1.54, 1.807) is 32.9 Å². The molecule has 2 heterocycles. The van der Waals surface area contributed by atoms with Gasteiger partial charge >= 0.3 is 12.1 Å². The van der Waals surface area contributed by atoms with Crippen molar-refractivity contribution < 1.29 is 28.6 Å². The third-order valence-electron chi connectivity index (χ3n) is 4.33. The van der Waals surface area contributed by atoms with Crippen LogP contribution in [0.5, 0.6) is 5.75 Å². The Labute approximate surface area is 189 Å². The average molecular weight is 459 g/mol. The van der Waals surface area contributed by atoms with Gasteiger partial charge in [-0.2, -0.15) is 0 Å². The van der Waals surface area contributed by atoms with Gasteiger partial charge < -0.3 is 25.2 Å². The number of aromatic nitrogens is 3. The smallest absolute Gasteiger partial charge is 0.407 e. The first-order chi connectivity index (χ1) is 15.6. The summed E-state index contributed by atoms with van der Waals surface area (Å²) in [4.78, 5) is 26.9. The van der Waals surface area contributed by atoms with Crippen LogP contribution in [0, 0.1) is 5.82 Å². The molecule has 0 spiro atoms. The minimum atomic E-state index is -1.13. The number of carbonyl (C=O) groups excluding carboxylic acids is 1. The number of amides is 1.